The summed E-state index contributed by atoms with van der Waals surface area (Å²) in [6, 6.07) is 10.2. The molecule has 0 bridgehead atoms. The van der Waals surface area contributed by atoms with Crippen molar-refractivity contribution < 1.29 is 17.6 Å². The van der Waals surface area contributed by atoms with Gasteiger partial charge in [-0.2, -0.15) is 9.57 Å². The number of nitriles is 1. The molecule has 0 aliphatic carbocycles. The molecule has 0 aliphatic rings. The lowest BCUT2D eigenvalue weighted by atomic mass is 10.2. The number of furan rings is 1. The molecule has 0 aliphatic heterocycles. The van der Waals surface area contributed by atoms with Crippen molar-refractivity contribution in [3.8, 4) is 6.07 Å². The van der Waals surface area contributed by atoms with Gasteiger partial charge in [-0.25, -0.2) is 8.42 Å². The van der Waals surface area contributed by atoms with E-state index in [-0.39, 0.29) is 24.6 Å². The third kappa shape index (κ3) is 4.03. The van der Waals surface area contributed by atoms with Crippen molar-refractivity contribution in [2.45, 2.75) is 25.3 Å². The zero-order valence-corrected chi connectivity index (χ0v) is 14.8. The van der Waals surface area contributed by atoms with Gasteiger partial charge in [0.1, 0.15) is 11.5 Å². The number of methoxy groups -OCH3 is 1. The molecule has 0 atom stereocenters. The highest BCUT2D eigenvalue weighted by Crippen LogP contribution is 2.23. The Bertz CT molecular complexity index is 850. The summed E-state index contributed by atoms with van der Waals surface area (Å²) in [5, 5.41) is 9.04. The summed E-state index contributed by atoms with van der Waals surface area (Å²) >= 11 is 0. The predicted octanol–water partition coefficient (Wildman–Crippen LogP) is 2.61. The Kier molecular flexibility index (Phi) is 5.78. The Labute approximate surface area is 142 Å². The summed E-state index contributed by atoms with van der Waals surface area (Å²) in [5.74, 6) is 1.28. The van der Waals surface area contributed by atoms with Gasteiger partial charge in [-0.1, -0.05) is 6.07 Å². The van der Waals surface area contributed by atoms with Crippen LogP contribution in [0.15, 0.2) is 39.6 Å². The third-order valence-electron chi connectivity index (χ3n) is 3.61. The molecule has 6 nitrogen and oxygen atoms in total. The second-order valence-corrected chi connectivity index (χ2v) is 7.34. The summed E-state index contributed by atoms with van der Waals surface area (Å²) < 4.78 is 38.0. The Morgan fingerprint density at radius 1 is 1.25 bits per heavy atom. The number of benzene rings is 1. The first-order chi connectivity index (χ1) is 11.4. The van der Waals surface area contributed by atoms with E-state index in [2.05, 4.69) is 0 Å². The molecule has 7 heteroatoms. The van der Waals surface area contributed by atoms with E-state index < -0.39 is 10.0 Å². The van der Waals surface area contributed by atoms with Gasteiger partial charge >= 0.3 is 0 Å². The predicted molar refractivity (Wildman–Crippen MR) is 88.8 cm³/mol. The molecule has 2 aromatic rings. The highest BCUT2D eigenvalue weighted by molar-refractivity contribution is 7.89. The molecule has 24 heavy (non-hydrogen) atoms. The van der Waals surface area contributed by atoms with E-state index in [1.54, 1.807) is 38.1 Å². The molecule has 0 N–H and O–H groups in total. The highest BCUT2D eigenvalue weighted by atomic mass is 32.2. The molecule has 0 fully saturated rings. The fourth-order valence-electron chi connectivity index (χ4n) is 2.31. The van der Waals surface area contributed by atoms with Gasteiger partial charge in [-0.05, 0) is 43.7 Å². The first kappa shape index (κ1) is 18.2. The van der Waals surface area contributed by atoms with E-state index in [0.29, 0.717) is 16.9 Å². The van der Waals surface area contributed by atoms with E-state index in [4.69, 9.17) is 14.4 Å². The smallest absolute Gasteiger partial charge is 0.243 e. The maximum Gasteiger partial charge on any atom is 0.243 e. The molecule has 0 spiro atoms. The average molecular weight is 348 g/mol. The lowest BCUT2D eigenvalue weighted by molar-refractivity contribution is 0.175. The molecular weight excluding hydrogens is 328 g/mol. The lowest BCUT2D eigenvalue weighted by Gasteiger charge is -2.22. The molecule has 1 aromatic carbocycles. The van der Waals surface area contributed by atoms with E-state index >= 15 is 0 Å². The van der Waals surface area contributed by atoms with E-state index in [0.717, 1.165) is 5.76 Å². The van der Waals surface area contributed by atoms with Crippen LogP contribution in [0.25, 0.3) is 0 Å². The minimum absolute atomic E-state index is 0.107. The first-order valence-corrected chi connectivity index (χ1v) is 8.87. The second-order valence-electron chi connectivity index (χ2n) is 5.44. The van der Waals surface area contributed by atoms with Gasteiger partial charge in [-0.15, -0.1) is 0 Å². The maximum atomic E-state index is 13.1. The fraction of sp³-hybridized carbons (Fsp3) is 0.353. The summed E-state index contributed by atoms with van der Waals surface area (Å²) in [6.45, 7) is 4.07. The van der Waals surface area contributed by atoms with Gasteiger partial charge in [0.2, 0.25) is 10.0 Å². The fourth-order valence-corrected chi connectivity index (χ4v) is 3.95. The maximum absolute atomic E-state index is 13.1. The molecule has 0 saturated carbocycles. The highest BCUT2D eigenvalue weighted by Gasteiger charge is 2.27. The van der Waals surface area contributed by atoms with Crippen LogP contribution < -0.4 is 0 Å². The summed E-state index contributed by atoms with van der Waals surface area (Å²) in [6.07, 6.45) is 0. The Morgan fingerprint density at radius 3 is 2.58 bits per heavy atom. The number of ether oxygens (including phenoxy) is 1. The molecule has 1 heterocycles. The van der Waals surface area contributed by atoms with E-state index in [1.165, 1.54) is 17.5 Å². The number of sulfonamides is 1. The number of hydrogen-bond acceptors (Lipinski definition) is 5. The zero-order chi connectivity index (χ0) is 17.7. The lowest BCUT2D eigenvalue weighted by Crippen LogP contribution is -2.33. The Balaban J connectivity index is 2.41. The van der Waals surface area contributed by atoms with E-state index in [1.807, 2.05) is 6.07 Å². The molecular formula is C17H20N2O4S. The third-order valence-corrected chi connectivity index (χ3v) is 5.60. The van der Waals surface area contributed by atoms with Crippen molar-refractivity contribution in [1.82, 2.24) is 4.31 Å². The summed E-state index contributed by atoms with van der Waals surface area (Å²) in [4.78, 5) is 0.126. The largest absolute Gasteiger partial charge is 0.465 e. The minimum atomic E-state index is -3.78. The number of aryl methyl sites for hydroxylation is 2. The Morgan fingerprint density at radius 2 is 2.00 bits per heavy atom. The van der Waals surface area contributed by atoms with Crippen molar-refractivity contribution in [3.05, 3.63) is 53.0 Å². The van der Waals surface area contributed by atoms with Crippen molar-refractivity contribution >= 4 is 10.0 Å². The molecule has 0 unspecified atom stereocenters. The molecule has 0 amide bonds. The van der Waals surface area contributed by atoms with Crippen LogP contribution in [-0.2, 0) is 21.3 Å². The van der Waals surface area contributed by atoms with Gasteiger partial charge in [0.15, 0.2) is 0 Å². The van der Waals surface area contributed by atoms with Crippen LogP contribution in [0.3, 0.4) is 0 Å². The van der Waals surface area contributed by atoms with Crippen LogP contribution in [-0.4, -0.2) is 33.0 Å². The van der Waals surface area contributed by atoms with Gasteiger partial charge in [0.25, 0.3) is 0 Å². The number of rotatable bonds is 7. The molecule has 1 aromatic heterocycles. The minimum Gasteiger partial charge on any atom is -0.465 e. The zero-order valence-electron chi connectivity index (χ0n) is 13.9. The SMILES string of the molecule is COCCN(Cc1ccc(C)o1)S(=O)(=O)c1cc(C#N)ccc1C. The normalized spacial score (nSPS) is 11.6. The quantitative estimate of drug-likeness (QED) is 0.768. The molecule has 2 rings (SSSR count). The van der Waals surface area contributed by atoms with Gasteiger partial charge in [0.05, 0.1) is 29.7 Å². The van der Waals surface area contributed by atoms with Crippen LogP contribution in [0.2, 0.25) is 0 Å². The molecule has 128 valence electrons. The van der Waals surface area contributed by atoms with Crippen molar-refractivity contribution in [2.75, 3.05) is 20.3 Å². The second kappa shape index (κ2) is 7.62. The number of nitrogens with zero attached hydrogens (tertiary/aromatic N) is 2. The first-order valence-electron chi connectivity index (χ1n) is 7.43. The van der Waals surface area contributed by atoms with E-state index in [9.17, 15) is 8.42 Å². The standard InChI is InChI=1S/C17H20N2O4S/c1-13-4-6-15(11-18)10-17(13)24(20,21)19(8-9-22-3)12-16-7-5-14(2)23-16/h4-7,10H,8-9,12H2,1-3H3. The van der Waals surface area contributed by atoms with Crippen molar-refractivity contribution in [1.29, 1.82) is 5.26 Å². The Hall–Kier alpha value is -2.14. The summed E-state index contributed by atoms with van der Waals surface area (Å²) in [5.41, 5.74) is 0.895. The topological polar surface area (TPSA) is 83.5 Å². The monoisotopic (exact) mass is 348 g/mol. The number of hydrogen-bond donors (Lipinski definition) is 0. The van der Waals surface area contributed by atoms with Gasteiger partial charge in [-0.3, -0.25) is 0 Å². The van der Waals surface area contributed by atoms with Crippen LogP contribution in [0.1, 0.15) is 22.6 Å². The van der Waals surface area contributed by atoms with Gasteiger partial charge < -0.3 is 9.15 Å². The van der Waals surface area contributed by atoms with Crippen LogP contribution in [0.5, 0.6) is 0 Å². The van der Waals surface area contributed by atoms with Gasteiger partial charge in [0, 0.05) is 13.7 Å². The van der Waals surface area contributed by atoms with Crippen LogP contribution in [0, 0.1) is 25.2 Å². The average Bonchev–Trinajstić information content (AvgIpc) is 2.96. The van der Waals surface area contributed by atoms with Crippen molar-refractivity contribution in [2.24, 2.45) is 0 Å². The van der Waals surface area contributed by atoms with Crippen molar-refractivity contribution in [3.63, 3.8) is 0 Å². The molecule has 0 radical (unpaired) electrons. The van der Waals surface area contributed by atoms with Crippen LogP contribution in [0.4, 0.5) is 0 Å². The molecule has 0 saturated heterocycles. The summed E-state index contributed by atoms with van der Waals surface area (Å²) in [7, 11) is -2.27. The van der Waals surface area contributed by atoms with Crippen LogP contribution >= 0.6 is 0 Å².